The molecule has 1 aromatic heterocycles. The van der Waals surface area contributed by atoms with Crippen LogP contribution in [0.3, 0.4) is 0 Å². The molecule has 0 spiro atoms. The van der Waals surface area contributed by atoms with Crippen LogP contribution in [0.5, 0.6) is 0 Å². The first-order valence-electron chi connectivity index (χ1n) is 14.4. The lowest BCUT2D eigenvalue weighted by atomic mass is 9.95. The molecule has 7 nitrogen and oxygen atoms in total. The van der Waals surface area contributed by atoms with Crippen molar-refractivity contribution in [2.24, 2.45) is 5.41 Å². The predicted molar refractivity (Wildman–Crippen MR) is 162 cm³/mol. The van der Waals surface area contributed by atoms with Crippen LogP contribution in [0.25, 0.3) is 22.0 Å². The van der Waals surface area contributed by atoms with Gasteiger partial charge in [0.1, 0.15) is 11.9 Å². The molecule has 0 bridgehead atoms. The van der Waals surface area contributed by atoms with Gasteiger partial charge in [-0.05, 0) is 53.6 Å². The minimum absolute atomic E-state index is 0.0274. The van der Waals surface area contributed by atoms with Gasteiger partial charge in [-0.25, -0.2) is 4.39 Å². The van der Waals surface area contributed by atoms with Crippen LogP contribution in [-0.4, -0.2) is 22.6 Å². The first-order valence-corrected chi connectivity index (χ1v) is 13.9. The Hall–Kier alpha value is -4.61. The number of anilines is 2. The molecule has 208 valence electrons. The quantitative estimate of drug-likeness (QED) is 0.191. The lowest BCUT2D eigenvalue weighted by Crippen LogP contribution is -2.38. The summed E-state index contributed by atoms with van der Waals surface area (Å²) in [5.74, 6) is -0.367. The number of rotatable bonds is 8. The summed E-state index contributed by atoms with van der Waals surface area (Å²) >= 11 is 0. The van der Waals surface area contributed by atoms with Gasteiger partial charge in [-0.1, -0.05) is 63.2 Å². The van der Waals surface area contributed by atoms with Crippen molar-refractivity contribution in [1.29, 1.82) is 5.26 Å². The smallest absolute Gasteiger partial charge is 0.123 e. The zero-order chi connectivity index (χ0) is 29.5. The van der Waals surface area contributed by atoms with E-state index in [-0.39, 0.29) is 11.2 Å². The van der Waals surface area contributed by atoms with Crippen LogP contribution >= 0.6 is 0 Å². The molecule has 4 N–H and O–H groups in total. The predicted octanol–water partition coefficient (Wildman–Crippen LogP) is 6.85. The fourth-order valence-electron chi connectivity index (χ4n) is 4.90. The van der Waals surface area contributed by atoms with E-state index in [4.69, 9.17) is 4.98 Å². The summed E-state index contributed by atoms with van der Waals surface area (Å²) in [6.07, 6.45) is 5.69. The summed E-state index contributed by atoms with van der Waals surface area (Å²) in [5.41, 5.74) is 11.8. The molecule has 1 unspecified atom stereocenters. The monoisotopic (exact) mass is 548 g/mol. The Morgan fingerprint density at radius 1 is 1.15 bits per heavy atom. The van der Waals surface area contributed by atoms with Crippen LogP contribution in [0.2, 0.25) is 0 Å². The molecule has 2 aliphatic rings. The minimum atomic E-state index is -1.49. The maximum atomic E-state index is 14.0. The van der Waals surface area contributed by atoms with Gasteiger partial charge in [0.05, 0.1) is 29.9 Å². The van der Waals surface area contributed by atoms with Gasteiger partial charge in [0.2, 0.25) is 0 Å². The van der Waals surface area contributed by atoms with Crippen LogP contribution in [0.15, 0.2) is 84.8 Å². The van der Waals surface area contributed by atoms with Gasteiger partial charge in [0, 0.05) is 41.6 Å². The molecule has 1 atom stereocenters. The number of nitriles is 1. The molecule has 4 aromatic rings. The fourth-order valence-corrected chi connectivity index (χ4v) is 4.90. The fraction of sp³-hybridized carbons (Fsp3) is 0.273. The van der Waals surface area contributed by atoms with Gasteiger partial charge in [-0.15, -0.1) is 5.53 Å². The first-order chi connectivity index (χ1) is 20.1. The van der Waals surface area contributed by atoms with Crippen LogP contribution in [0, 0.1) is 22.6 Å². The average Bonchev–Trinajstić information content (AvgIpc) is 3.71. The highest BCUT2D eigenvalue weighted by molar-refractivity contribution is 6.04. The average molecular weight is 549 g/mol. The molecular weight excluding hydrogens is 513 g/mol. The normalized spacial score (nSPS) is 16.8. The van der Waals surface area contributed by atoms with E-state index in [0.717, 1.165) is 34.9 Å². The van der Waals surface area contributed by atoms with E-state index in [1.54, 1.807) is 18.3 Å². The number of fused-ring (bicyclic) bond motifs is 1. The number of nitrogens with one attached hydrogen (secondary N) is 4. The van der Waals surface area contributed by atoms with Crippen molar-refractivity contribution in [2.45, 2.75) is 45.7 Å². The Kier molecular flexibility index (Phi) is 6.65. The number of halogens is 1. The van der Waals surface area contributed by atoms with Gasteiger partial charge in [-0.3, -0.25) is 9.99 Å². The zero-order valence-electron chi connectivity index (χ0n) is 24.4. The maximum Gasteiger partial charge on any atom is 0.123 e. The lowest BCUT2D eigenvalue weighted by Gasteiger charge is -2.24. The number of aromatic nitrogens is 1. The topological polar surface area (TPSA) is 88.0 Å². The number of benzene rings is 3. The van der Waals surface area contributed by atoms with Crippen molar-refractivity contribution < 1.29 is 5.76 Å². The van der Waals surface area contributed by atoms with Gasteiger partial charge < -0.3 is 16.1 Å². The summed E-state index contributed by atoms with van der Waals surface area (Å²) in [6.45, 7) is 7.05. The Balaban J connectivity index is 1.53. The largest absolute Gasteiger partial charge is 0.383 e. The van der Waals surface area contributed by atoms with E-state index < -0.39 is 6.02 Å². The summed E-state index contributed by atoms with van der Waals surface area (Å²) in [5, 5.41) is 19.7. The molecule has 0 saturated heterocycles. The van der Waals surface area contributed by atoms with Crippen molar-refractivity contribution >= 4 is 22.3 Å². The molecule has 1 fully saturated rings. The van der Waals surface area contributed by atoms with E-state index >= 15 is 0 Å². The molecule has 8 heteroatoms. The second kappa shape index (κ2) is 10.8. The summed E-state index contributed by atoms with van der Waals surface area (Å²) in [4.78, 5) is 4.73. The lowest BCUT2D eigenvalue weighted by molar-refractivity contribution is 0.260. The van der Waals surface area contributed by atoms with E-state index in [1.807, 2.05) is 53.7 Å². The van der Waals surface area contributed by atoms with E-state index in [0.29, 0.717) is 40.8 Å². The Morgan fingerprint density at radius 2 is 1.90 bits per heavy atom. The Morgan fingerprint density at radius 3 is 2.59 bits per heavy atom. The van der Waals surface area contributed by atoms with Gasteiger partial charge in [0.15, 0.2) is 0 Å². The van der Waals surface area contributed by atoms with Crippen molar-refractivity contribution in [2.75, 3.05) is 17.2 Å². The van der Waals surface area contributed by atoms with Crippen LogP contribution in [-0.2, 0) is 0 Å². The second-order valence-corrected chi connectivity index (χ2v) is 11.8. The number of nitrogens with zero attached hydrogens (tertiary/aromatic N) is 3. The van der Waals surface area contributed by atoms with Crippen LogP contribution in [0.1, 0.15) is 52.1 Å². The molecule has 0 amide bonds. The number of hydrogen-bond acceptors (Lipinski definition) is 7. The summed E-state index contributed by atoms with van der Waals surface area (Å²) < 4.78 is 23.8. The van der Waals surface area contributed by atoms with E-state index in [1.165, 1.54) is 12.1 Å². The third-order valence-electron chi connectivity index (χ3n) is 7.17. The van der Waals surface area contributed by atoms with E-state index in [9.17, 15) is 11.0 Å². The molecule has 0 radical (unpaired) electrons. The summed E-state index contributed by atoms with van der Waals surface area (Å²) in [6, 6.07) is 21.1. The van der Waals surface area contributed by atoms with Crippen LogP contribution < -0.4 is 21.6 Å². The number of hydrazine groups is 2. The third kappa shape index (κ3) is 5.81. The molecule has 1 aliphatic carbocycles. The molecule has 2 heterocycles. The SMILES string of the molecule is [2H]C(Nc1cc(-c2ccccc2)c2ncc(C#N)c(NCC(C)(C)C)c2c1)(C1=CN(C2CC2)NN1)c1ccc(F)cc1. The first kappa shape index (κ1) is 25.4. The van der Waals surface area contributed by atoms with Crippen molar-refractivity contribution in [3.8, 4) is 17.2 Å². The number of hydrogen-bond donors (Lipinski definition) is 4. The standard InChI is InChI=1S/C33H34FN7/c1-33(2,3)20-37-30-23(17-35)18-36-32-27(21-7-5-4-6-8-21)15-25(16-28(30)32)38-31(22-9-11-24(34)12-10-22)29-19-41(40-39-29)26-13-14-26/h4-12,15-16,18-19,26,31,38-40H,13-14,20H2,1-3H3,(H,36,37)/i31D. The molecule has 41 heavy (non-hydrogen) atoms. The van der Waals surface area contributed by atoms with Gasteiger partial charge in [0.25, 0.3) is 0 Å². The van der Waals surface area contributed by atoms with Gasteiger partial charge in [-0.2, -0.15) is 5.26 Å². The molecule has 1 saturated carbocycles. The zero-order valence-corrected chi connectivity index (χ0v) is 23.4. The van der Waals surface area contributed by atoms with Crippen LogP contribution in [0.4, 0.5) is 15.8 Å². The third-order valence-corrected chi connectivity index (χ3v) is 7.17. The molecular formula is C33H34FN7. The number of pyridine rings is 1. The highest BCUT2D eigenvalue weighted by atomic mass is 19.1. The minimum Gasteiger partial charge on any atom is -0.383 e. The summed E-state index contributed by atoms with van der Waals surface area (Å²) in [7, 11) is 0. The second-order valence-electron chi connectivity index (χ2n) is 11.8. The van der Waals surface area contributed by atoms with Gasteiger partial charge >= 0.3 is 0 Å². The Labute approximate surface area is 241 Å². The highest BCUT2D eigenvalue weighted by Gasteiger charge is 2.32. The van der Waals surface area contributed by atoms with Crippen molar-refractivity contribution in [3.05, 3.63) is 102 Å². The maximum absolute atomic E-state index is 14.0. The van der Waals surface area contributed by atoms with Crippen molar-refractivity contribution in [1.82, 2.24) is 21.0 Å². The molecule has 1 aliphatic heterocycles. The van der Waals surface area contributed by atoms with E-state index in [2.05, 4.69) is 48.4 Å². The molecule has 6 rings (SSSR count). The Bertz CT molecular complexity index is 1690. The molecule has 3 aromatic carbocycles. The highest BCUT2D eigenvalue weighted by Crippen LogP contribution is 2.38. The van der Waals surface area contributed by atoms with Crippen molar-refractivity contribution in [3.63, 3.8) is 0 Å².